The Morgan fingerprint density at radius 1 is 1.05 bits per heavy atom. The summed E-state index contributed by atoms with van der Waals surface area (Å²) < 4.78 is 40.0. The fourth-order valence-electron chi connectivity index (χ4n) is 2.13. The summed E-state index contributed by atoms with van der Waals surface area (Å²) in [5.74, 6) is -0.531. The molecule has 2 rings (SSSR count). The van der Waals surface area contributed by atoms with E-state index in [1.807, 2.05) is 37.3 Å². The summed E-state index contributed by atoms with van der Waals surface area (Å²) >= 11 is 0. The summed E-state index contributed by atoms with van der Waals surface area (Å²) in [6, 6.07) is 14.7. The Hall–Kier alpha value is -1.72. The fourth-order valence-corrected chi connectivity index (χ4v) is 3.58. The molecule has 1 atom stereocenters. The molecule has 0 saturated heterocycles. The molecule has 112 valence electrons. The van der Waals surface area contributed by atoms with Crippen molar-refractivity contribution in [2.75, 3.05) is 0 Å². The summed E-state index contributed by atoms with van der Waals surface area (Å²) in [4.78, 5) is 0. The van der Waals surface area contributed by atoms with Gasteiger partial charge in [0.2, 0.25) is 10.0 Å². The molecule has 0 radical (unpaired) electrons. The number of rotatable bonds is 6. The van der Waals surface area contributed by atoms with E-state index >= 15 is 0 Å². The van der Waals surface area contributed by atoms with Crippen molar-refractivity contribution in [1.29, 1.82) is 0 Å². The van der Waals surface area contributed by atoms with Crippen LogP contribution >= 0.6 is 0 Å². The van der Waals surface area contributed by atoms with Gasteiger partial charge in [0.15, 0.2) is 0 Å². The average Bonchev–Trinajstić information content (AvgIpc) is 2.48. The smallest absolute Gasteiger partial charge is 0.212 e. The van der Waals surface area contributed by atoms with Crippen LogP contribution in [0.25, 0.3) is 0 Å². The number of nitrogens with one attached hydrogen (secondary N) is 1. The topological polar surface area (TPSA) is 46.2 Å². The lowest BCUT2D eigenvalue weighted by atomic mass is 10.1. The van der Waals surface area contributed by atoms with Crippen molar-refractivity contribution in [3.63, 3.8) is 0 Å². The van der Waals surface area contributed by atoms with Gasteiger partial charge in [0.1, 0.15) is 5.82 Å². The minimum atomic E-state index is -3.48. The first-order valence-corrected chi connectivity index (χ1v) is 8.45. The molecule has 0 aliphatic carbocycles. The van der Waals surface area contributed by atoms with Crippen LogP contribution in [-0.2, 0) is 15.8 Å². The van der Waals surface area contributed by atoms with Gasteiger partial charge in [0, 0.05) is 6.04 Å². The highest BCUT2D eigenvalue weighted by Crippen LogP contribution is 2.18. The van der Waals surface area contributed by atoms with Crippen LogP contribution in [0.4, 0.5) is 4.39 Å². The number of hydrogen-bond acceptors (Lipinski definition) is 2. The molecule has 2 aromatic rings. The van der Waals surface area contributed by atoms with Crippen LogP contribution < -0.4 is 4.72 Å². The van der Waals surface area contributed by atoms with Gasteiger partial charge in [-0.1, -0.05) is 49.4 Å². The van der Waals surface area contributed by atoms with Crippen LogP contribution in [0.3, 0.4) is 0 Å². The molecule has 1 unspecified atom stereocenters. The number of sulfonamides is 1. The third kappa shape index (κ3) is 4.65. The van der Waals surface area contributed by atoms with E-state index in [4.69, 9.17) is 0 Å². The Labute approximate surface area is 124 Å². The summed E-state index contributed by atoms with van der Waals surface area (Å²) in [6.07, 6.45) is 0.659. The molecule has 0 spiro atoms. The first-order chi connectivity index (χ1) is 10.00. The number of benzene rings is 2. The Morgan fingerprint density at radius 2 is 1.67 bits per heavy atom. The largest absolute Gasteiger partial charge is 0.216 e. The van der Waals surface area contributed by atoms with Gasteiger partial charge in [-0.3, -0.25) is 0 Å². The molecule has 3 nitrogen and oxygen atoms in total. The molecule has 0 fully saturated rings. The molecule has 0 aliphatic rings. The van der Waals surface area contributed by atoms with Crippen molar-refractivity contribution in [3.05, 3.63) is 71.5 Å². The van der Waals surface area contributed by atoms with Crippen molar-refractivity contribution in [3.8, 4) is 0 Å². The highest BCUT2D eigenvalue weighted by Gasteiger charge is 2.18. The lowest BCUT2D eigenvalue weighted by Crippen LogP contribution is -2.29. The van der Waals surface area contributed by atoms with Crippen molar-refractivity contribution >= 4 is 10.0 Å². The molecule has 1 N–H and O–H groups in total. The van der Waals surface area contributed by atoms with Crippen LogP contribution in [0.15, 0.2) is 54.6 Å². The maximum Gasteiger partial charge on any atom is 0.216 e. The standard InChI is InChI=1S/C16H18FNO2S/c1-2-16(14-6-4-3-5-7-14)18-21(19,20)12-13-8-10-15(17)11-9-13/h3-11,16,18H,2,12H2,1H3. The highest BCUT2D eigenvalue weighted by molar-refractivity contribution is 7.88. The van der Waals surface area contributed by atoms with E-state index in [-0.39, 0.29) is 17.6 Å². The van der Waals surface area contributed by atoms with Crippen molar-refractivity contribution < 1.29 is 12.8 Å². The van der Waals surface area contributed by atoms with Crippen LogP contribution in [-0.4, -0.2) is 8.42 Å². The minimum Gasteiger partial charge on any atom is -0.212 e. The van der Waals surface area contributed by atoms with Crippen molar-refractivity contribution in [2.24, 2.45) is 0 Å². The molecular formula is C16H18FNO2S. The zero-order valence-corrected chi connectivity index (χ0v) is 12.6. The Balaban J connectivity index is 2.10. The van der Waals surface area contributed by atoms with Gasteiger partial charge in [-0.25, -0.2) is 17.5 Å². The van der Waals surface area contributed by atoms with Gasteiger partial charge >= 0.3 is 0 Å². The SMILES string of the molecule is CCC(NS(=O)(=O)Cc1ccc(F)cc1)c1ccccc1. The van der Waals surface area contributed by atoms with Gasteiger partial charge in [0.05, 0.1) is 5.75 Å². The van der Waals surface area contributed by atoms with E-state index in [1.165, 1.54) is 24.3 Å². The third-order valence-electron chi connectivity index (χ3n) is 3.20. The highest BCUT2D eigenvalue weighted by atomic mass is 32.2. The van der Waals surface area contributed by atoms with Gasteiger partial charge in [0.25, 0.3) is 0 Å². The summed E-state index contributed by atoms with van der Waals surface area (Å²) in [5.41, 5.74) is 1.49. The van der Waals surface area contributed by atoms with E-state index in [1.54, 1.807) is 0 Å². The summed E-state index contributed by atoms with van der Waals surface area (Å²) in [7, 11) is -3.48. The van der Waals surface area contributed by atoms with Crippen LogP contribution in [0.2, 0.25) is 0 Å². The van der Waals surface area contributed by atoms with Gasteiger partial charge in [-0.05, 0) is 29.7 Å². The van der Waals surface area contributed by atoms with Crippen molar-refractivity contribution in [2.45, 2.75) is 25.1 Å². The van der Waals surface area contributed by atoms with E-state index in [0.29, 0.717) is 12.0 Å². The Morgan fingerprint density at radius 3 is 2.24 bits per heavy atom. The van der Waals surface area contributed by atoms with Crippen LogP contribution in [0, 0.1) is 5.82 Å². The quantitative estimate of drug-likeness (QED) is 0.889. The predicted octanol–water partition coefficient (Wildman–Crippen LogP) is 3.40. The monoisotopic (exact) mass is 307 g/mol. The molecule has 0 heterocycles. The zero-order chi connectivity index (χ0) is 15.3. The van der Waals surface area contributed by atoms with Crippen molar-refractivity contribution in [1.82, 2.24) is 4.72 Å². The second kappa shape index (κ2) is 6.83. The van der Waals surface area contributed by atoms with E-state index < -0.39 is 10.0 Å². The number of hydrogen-bond donors (Lipinski definition) is 1. The number of halogens is 1. The molecule has 21 heavy (non-hydrogen) atoms. The third-order valence-corrected chi connectivity index (χ3v) is 4.56. The minimum absolute atomic E-state index is 0.156. The zero-order valence-electron chi connectivity index (χ0n) is 11.8. The average molecular weight is 307 g/mol. The predicted molar refractivity (Wildman–Crippen MR) is 81.6 cm³/mol. The first-order valence-electron chi connectivity index (χ1n) is 6.79. The normalized spacial score (nSPS) is 13.0. The molecule has 0 aromatic heterocycles. The lowest BCUT2D eigenvalue weighted by molar-refractivity contribution is 0.549. The van der Waals surface area contributed by atoms with Gasteiger partial charge < -0.3 is 0 Å². The molecule has 0 saturated carbocycles. The van der Waals surface area contributed by atoms with E-state index in [9.17, 15) is 12.8 Å². The molecular weight excluding hydrogens is 289 g/mol. The molecule has 0 bridgehead atoms. The summed E-state index contributed by atoms with van der Waals surface area (Å²) in [6.45, 7) is 1.93. The van der Waals surface area contributed by atoms with E-state index in [2.05, 4.69) is 4.72 Å². The van der Waals surface area contributed by atoms with Crippen LogP contribution in [0.5, 0.6) is 0 Å². The maximum absolute atomic E-state index is 12.8. The molecule has 0 aliphatic heterocycles. The van der Waals surface area contributed by atoms with Crippen LogP contribution in [0.1, 0.15) is 30.5 Å². The molecule has 5 heteroatoms. The summed E-state index contributed by atoms with van der Waals surface area (Å²) in [5, 5.41) is 0. The Kier molecular flexibility index (Phi) is 5.09. The maximum atomic E-state index is 12.8. The fraction of sp³-hybridized carbons (Fsp3) is 0.250. The second-order valence-corrected chi connectivity index (χ2v) is 6.63. The lowest BCUT2D eigenvalue weighted by Gasteiger charge is -2.17. The van der Waals surface area contributed by atoms with Gasteiger partial charge in [-0.2, -0.15) is 0 Å². The molecule has 2 aromatic carbocycles. The Bertz CT molecular complexity index is 669. The van der Waals surface area contributed by atoms with Gasteiger partial charge in [-0.15, -0.1) is 0 Å². The van der Waals surface area contributed by atoms with E-state index in [0.717, 1.165) is 5.56 Å². The second-order valence-electron chi connectivity index (χ2n) is 4.87. The first kappa shape index (κ1) is 15.7. The molecule has 0 amide bonds.